The Morgan fingerprint density at radius 3 is 2.04 bits per heavy atom. The van der Waals surface area contributed by atoms with Crippen LogP contribution in [0.3, 0.4) is 0 Å². The highest BCUT2D eigenvalue weighted by atomic mass is 16.9. The van der Waals surface area contributed by atoms with Gasteiger partial charge in [-0.1, -0.05) is 19.8 Å². The minimum absolute atomic E-state index is 0.0259. The lowest BCUT2D eigenvalue weighted by atomic mass is 9.97. The van der Waals surface area contributed by atoms with Crippen LogP contribution in [0.1, 0.15) is 53.4 Å². The second kappa shape index (κ2) is 9.12. The highest BCUT2D eigenvalue weighted by Crippen LogP contribution is 2.25. The van der Waals surface area contributed by atoms with E-state index in [0.29, 0.717) is 6.42 Å². The first kappa shape index (κ1) is 20.9. The van der Waals surface area contributed by atoms with Crippen LogP contribution >= 0.6 is 0 Å². The van der Waals surface area contributed by atoms with Crippen molar-refractivity contribution in [2.45, 2.75) is 59.4 Å². The normalized spacial score (nSPS) is 13.4. The van der Waals surface area contributed by atoms with Crippen LogP contribution in [0.15, 0.2) is 0 Å². The summed E-state index contributed by atoms with van der Waals surface area (Å²) in [4.78, 5) is 46.4. The molecule has 1 atom stereocenters. The number of ether oxygens (including phenoxy) is 4. The van der Waals surface area contributed by atoms with Crippen molar-refractivity contribution in [3.8, 4) is 0 Å². The van der Waals surface area contributed by atoms with Gasteiger partial charge in [-0.25, -0.2) is 4.79 Å². The second-order valence-electron chi connectivity index (χ2n) is 5.83. The molecule has 0 aliphatic carbocycles. The van der Waals surface area contributed by atoms with Gasteiger partial charge in [0.1, 0.15) is 0 Å². The lowest BCUT2D eigenvalue weighted by Gasteiger charge is -2.29. The SMILES string of the molecule is CCCCCC(=O)OC(OC=O)(OC(=O)C(C)(C)C)C(=O)OC. The molecule has 0 bridgehead atoms. The molecule has 0 saturated carbocycles. The average molecular weight is 332 g/mol. The van der Waals surface area contributed by atoms with E-state index in [0.717, 1.165) is 20.0 Å². The van der Waals surface area contributed by atoms with Gasteiger partial charge < -0.3 is 18.9 Å². The van der Waals surface area contributed by atoms with E-state index in [1.807, 2.05) is 6.92 Å². The highest BCUT2D eigenvalue weighted by Gasteiger charge is 2.53. The quantitative estimate of drug-likeness (QED) is 0.272. The van der Waals surface area contributed by atoms with Gasteiger partial charge in [0, 0.05) is 6.42 Å². The van der Waals surface area contributed by atoms with Gasteiger partial charge in [0.15, 0.2) is 0 Å². The molecule has 0 rings (SSSR count). The predicted octanol–water partition coefficient (Wildman–Crippen LogP) is 1.70. The van der Waals surface area contributed by atoms with Crippen LogP contribution < -0.4 is 0 Å². The van der Waals surface area contributed by atoms with Crippen molar-refractivity contribution in [2.75, 3.05) is 7.11 Å². The molecular formula is C15H24O8. The summed E-state index contributed by atoms with van der Waals surface area (Å²) in [6.45, 7) is 6.33. The maximum atomic E-state index is 12.0. The molecule has 0 aliphatic rings. The van der Waals surface area contributed by atoms with Crippen LogP contribution in [-0.2, 0) is 38.1 Å². The molecule has 0 saturated heterocycles. The van der Waals surface area contributed by atoms with Gasteiger partial charge in [0.05, 0.1) is 12.5 Å². The van der Waals surface area contributed by atoms with Crippen molar-refractivity contribution < 1.29 is 38.1 Å². The van der Waals surface area contributed by atoms with E-state index in [1.165, 1.54) is 20.8 Å². The average Bonchev–Trinajstić information content (AvgIpc) is 2.45. The van der Waals surface area contributed by atoms with E-state index in [-0.39, 0.29) is 12.9 Å². The Bertz CT molecular complexity index is 437. The smallest absolute Gasteiger partial charge is 0.460 e. The molecule has 1 unspecified atom stereocenters. The zero-order valence-electron chi connectivity index (χ0n) is 14.2. The minimum atomic E-state index is -2.87. The van der Waals surface area contributed by atoms with Gasteiger partial charge in [-0.2, -0.15) is 0 Å². The molecule has 0 aromatic carbocycles. The van der Waals surface area contributed by atoms with Gasteiger partial charge in [-0.05, 0) is 27.2 Å². The molecule has 0 N–H and O–H groups in total. The number of hydrogen-bond donors (Lipinski definition) is 0. The van der Waals surface area contributed by atoms with Crippen molar-refractivity contribution in [3.63, 3.8) is 0 Å². The Hall–Kier alpha value is -2.12. The van der Waals surface area contributed by atoms with Crippen molar-refractivity contribution in [2.24, 2.45) is 5.41 Å². The Balaban J connectivity index is 5.33. The maximum absolute atomic E-state index is 12.0. The van der Waals surface area contributed by atoms with Gasteiger partial charge >= 0.3 is 23.9 Å². The molecule has 0 spiro atoms. The van der Waals surface area contributed by atoms with Crippen molar-refractivity contribution in [3.05, 3.63) is 0 Å². The monoisotopic (exact) mass is 332 g/mol. The summed E-state index contributed by atoms with van der Waals surface area (Å²) in [5.41, 5.74) is -1.03. The Morgan fingerprint density at radius 2 is 1.61 bits per heavy atom. The number of rotatable bonds is 9. The van der Waals surface area contributed by atoms with E-state index in [1.54, 1.807) is 0 Å². The molecule has 132 valence electrons. The van der Waals surface area contributed by atoms with Crippen LogP contribution in [0.2, 0.25) is 0 Å². The number of unbranched alkanes of at least 4 members (excludes halogenated alkanes) is 2. The lowest BCUT2D eigenvalue weighted by molar-refractivity contribution is -0.319. The van der Waals surface area contributed by atoms with Crippen LogP contribution in [0, 0.1) is 5.41 Å². The number of methoxy groups -OCH3 is 1. The zero-order valence-corrected chi connectivity index (χ0v) is 14.2. The van der Waals surface area contributed by atoms with Gasteiger partial charge in [-0.3, -0.25) is 14.4 Å². The summed E-state index contributed by atoms with van der Waals surface area (Å²) in [6.07, 6.45) is 2.14. The summed E-state index contributed by atoms with van der Waals surface area (Å²) in [5.74, 6) is -5.96. The first-order chi connectivity index (χ1) is 10.6. The molecule has 0 aromatic rings. The lowest BCUT2D eigenvalue weighted by Crippen LogP contribution is -2.51. The fraction of sp³-hybridized carbons (Fsp3) is 0.733. The number of carbonyl (C=O) groups excluding carboxylic acids is 4. The van der Waals surface area contributed by atoms with Gasteiger partial charge in [0.2, 0.25) is 0 Å². The molecule has 23 heavy (non-hydrogen) atoms. The topological polar surface area (TPSA) is 105 Å². The van der Waals surface area contributed by atoms with E-state index in [9.17, 15) is 19.2 Å². The zero-order chi connectivity index (χ0) is 18.1. The molecule has 8 nitrogen and oxygen atoms in total. The number of hydrogen-bond acceptors (Lipinski definition) is 8. The largest absolute Gasteiger partial charge is 0.529 e. The number of carbonyl (C=O) groups is 4. The van der Waals surface area contributed by atoms with E-state index >= 15 is 0 Å². The van der Waals surface area contributed by atoms with Crippen molar-refractivity contribution in [1.29, 1.82) is 0 Å². The van der Waals surface area contributed by atoms with Gasteiger partial charge in [0.25, 0.3) is 6.47 Å². The minimum Gasteiger partial charge on any atom is -0.460 e. The third-order valence-electron chi connectivity index (χ3n) is 2.71. The van der Waals surface area contributed by atoms with Crippen LogP contribution in [-0.4, -0.2) is 37.5 Å². The predicted molar refractivity (Wildman–Crippen MR) is 77.7 cm³/mol. The van der Waals surface area contributed by atoms with E-state index in [4.69, 9.17) is 9.47 Å². The van der Waals surface area contributed by atoms with Crippen LogP contribution in [0.4, 0.5) is 0 Å². The first-order valence-electron chi connectivity index (χ1n) is 7.28. The molecule has 0 radical (unpaired) electrons. The summed E-state index contributed by atoms with van der Waals surface area (Å²) >= 11 is 0. The number of esters is 3. The molecule has 0 aliphatic heterocycles. The Kier molecular flexibility index (Phi) is 8.28. The second-order valence-corrected chi connectivity index (χ2v) is 5.83. The fourth-order valence-corrected chi connectivity index (χ4v) is 1.38. The third kappa shape index (κ3) is 6.66. The van der Waals surface area contributed by atoms with Gasteiger partial charge in [-0.15, -0.1) is 0 Å². The fourth-order valence-electron chi connectivity index (χ4n) is 1.38. The van der Waals surface area contributed by atoms with E-state index in [2.05, 4.69) is 9.47 Å². The Labute approximate surface area is 135 Å². The van der Waals surface area contributed by atoms with Crippen LogP contribution in [0.25, 0.3) is 0 Å². The summed E-state index contributed by atoms with van der Waals surface area (Å²) in [6, 6.07) is 0. The molecule has 0 fully saturated rings. The molecule has 0 heterocycles. The van der Waals surface area contributed by atoms with Crippen molar-refractivity contribution in [1.82, 2.24) is 0 Å². The molecular weight excluding hydrogens is 308 g/mol. The summed E-state index contributed by atoms with van der Waals surface area (Å²) < 4.78 is 18.6. The summed E-state index contributed by atoms with van der Waals surface area (Å²) in [7, 11) is 0.973. The molecule has 8 heteroatoms. The third-order valence-corrected chi connectivity index (χ3v) is 2.71. The summed E-state index contributed by atoms with van der Waals surface area (Å²) in [5, 5.41) is 0. The first-order valence-corrected chi connectivity index (χ1v) is 7.28. The van der Waals surface area contributed by atoms with Crippen molar-refractivity contribution >= 4 is 24.4 Å². The maximum Gasteiger partial charge on any atom is 0.529 e. The van der Waals surface area contributed by atoms with E-state index < -0.39 is 29.3 Å². The van der Waals surface area contributed by atoms with Crippen LogP contribution in [0.5, 0.6) is 0 Å². The highest BCUT2D eigenvalue weighted by molar-refractivity contribution is 5.85. The molecule has 0 aromatic heterocycles. The molecule has 0 amide bonds. The standard InChI is InChI=1S/C15H24O8/c1-6-7-8-9-11(17)22-15(21-10-16,13(19)20-5)23-12(18)14(2,3)4/h10H,6-9H2,1-5H3. The Morgan fingerprint density at radius 1 is 1.00 bits per heavy atom.